The summed E-state index contributed by atoms with van der Waals surface area (Å²) in [6.07, 6.45) is 7.48. The minimum Gasteiger partial charge on any atom is -0.316 e. The average molecular weight is 502 g/mol. The number of nitrogens with zero attached hydrogens (tertiary/aromatic N) is 2. The molecule has 1 aromatic rings. The Morgan fingerprint density at radius 1 is 1.18 bits per heavy atom. The third kappa shape index (κ3) is 6.45. The first-order valence-corrected chi connectivity index (χ1v) is 14.5. The van der Waals surface area contributed by atoms with Gasteiger partial charge in [-0.05, 0) is 76.0 Å². The highest BCUT2D eigenvalue weighted by molar-refractivity contribution is 7.92. The quantitative estimate of drug-likeness (QED) is 0.589. The summed E-state index contributed by atoms with van der Waals surface area (Å²) < 4.78 is 61.1. The van der Waals surface area contributed by atoms with Crippen LogP contribution in [0.15, 0.2) is 18.3 Å². The SMILES string of the molecule is C1C[C@@H]2C[C@@H]2C1.CC(C)n1ccc(C2=CCC(C(F)(F)F)CC2)n1.O=S1(=O)CC2(CCNC2)C1. The van der Waals surface area contributed by atoms with Gasteiger partial charge >= 0.3 is 6.18 Å². The van der Waals surface area contributed by atoms with E-state index in [1.54, 1.807) is 25.3 Å². The monoisotopic (exact) mass is 501 g/mol. The maximum atomic E-state index is 12.5. The average Bonchev–Trinajstić information content (AvgIpc) is 3.20. The van der Waals surface area contributed by atoms with E-state index in [2.05, 4.69) is 10.4 Å². The van der Waals surface area contributed by atoms with E-state index in [9.17, 15) is 21.6 Å². The Morgan fingerprint density at radius 3 is 2.26 bits per heavy atom. The van der Waals surface area contributed by atoms with Crippen molar-refractivity contribution in [2.45, 2.75) is 77.4 Å². The van der Waals surface area contributed by atoms with Crippen LogP contribution in [-0.4, -0.2) is 49.0 Å². The van der Waals surface area contributed by atoms with E-state index < -0.39 is 21.9 Å². The lowest BCUT2D eigenvalue weighted by atomic mass is 9.88. The van der Waals surface area contributed by atoms with Crippen LogP contribution in [0.25, 0.3) is 5.57 Å². The highest BCUT2D eigenvalue weighted by Crippen LogP contribution is 2.51. The Hall–Kier alpha value is -1.35. The number of allylic oxidation sites excluding steroid dienone is 2. The predicted molar refractivity (Wildman–Crippen MR) is 128 cm³/mol. The fourth-order valence-corrected chi connectivity index (χ4v) is 8.03. The standard InChI is InChI=1S/C13H17F3N2.C6H11NO2S.C6H10/c1-9(2)18-8-7-12(17-18)10-3-5-11(6-4-10)13(14,15)16;8-10(9)4-6(5-10)1-2-7-3-6;1-2-5-4-6(5)3-1/h3,7-9,11H,4-6H2,1-2H3;7H,1-5H2;5-6H,1-4H2/t;;5-,6+. The van der Waals surface area contributed by atoms with Crippen LogP contribution in [0.1, 0.15) is 76.9 Å². The number of alkyl halides is 3. The number of sulfone groups is 1. The van der Waals surface area contributed by atoms with Crippen LogP contribution in [0, 0.1) is 23.2 Å². The maximum absolute atomic E-state index is 12.5. The van der Waals surface area contributed by atoms with E-state index >= 15 is 0 Å². The first-order chi connectivity index (χ1) is 16.0. The van der Waals surface area contributed by atoms with Crippen molar-refractivity contribution < 1.29 is 21.6 Å². The molecule has 5 aliphatic rings. The summed E-state index contributed by atoms with van der Waals surface area (Å²) in [7, 11) is -2.61. The predicted octanol–water partition coefficient (Wildman–Crippen LogP) is 5.41. The molecule has 2 saturated heterocycles. The van der Waals surface area contributed by atoms with Crippen LogP contribution in [-0.2, 0) is 9.84 Å². The Labute approximate surface area is 201 Å². The first-order valence-electron chi connectivity index (χ1n) is 12.7. The van der Waals surface area contributed by atoms with Gasteiger partial charge in [-0.3, -0.25) is 4.68 Å². The van der Waals surface area contributed by atoms with Gasteiger partial charge in [0.05, 0.1) is 23.1 Å². The number of hydrogen-bond donors (Lipinski definition) is 1. The number of nitrogens with one attached hydrogen (secondary N) is 1. The lowest BCUT2D eigenvalue weighted by Gasteiger charge is -2.36. The van der Waals surface area contributed by atoms with Crippen LogP contribution in [0.4, 0.5) is 13.2 Å². The number of hydrogen-bond acceptors (Lipinski definition) is 4. The van der Waals surface area contributed by atoms with E-state index in [1.807, 2.05) is 30.8 Å². The van der Waals surface area contributed by atoms with E-state index in [0.717, 1.165) is 30.8 Å². The molecule has 6 rings (SSSR count). The summed E-state index contributed by atoms with van der Waals surface area (Å²) in [6, 6.07) is 2.14. The molecular formula is C25H38F3N3O2S. The molecular weight excluding hydrogens is 463 g/mol. The molecule has 2 aliphatic heterocycles. The summed E-state index contributed by atoms with van der Waals surface area (Å²) in [5.41, 5.74) is 1.90. The first kappa shape index (κ1) is 25.7. The molecule has 3 atom stereocenters. The van der Waals surface area contributed by atoms with Crippen molar-refractivity contribution >= 4 is 15.4 Å². The Morgan fingerprint density at radius 2 is 1.88 bits per heavy atom. The number of fused-ring (bicyclic) bond motifs is 1. The molecule has 192 valence electrons. The minimum atomic E-state index is -4.07. The van der Waals surface area contributed by atoms with Gasteiger partial charge in [0, 0.05) is 24.2 Å². The second-order valence-electron chi connectivity index (χ2n) is 11.2. The van der Waals surface area contributed by atoms with Gasteiger partial charge in [0.25, 0.3) is 0 Å². The molecule has 1 aromatic heterocycles. The van der Waals surface area contributed by atoms with Crippen molar-refractivity contribution in [3.63, 3.8) is 0 Å². The fourth-order valence-electron chi connectivity index (χ4n) is 5.75. The highest BCUT2D eigenvalue weighted by atomic mass is 32.2. The maximum Gasteiger partial charge on any atom is 0.392 e. The second kappa shape index (κ2) is 9.96. The summed E-state index contributed by atoms with van der Waals surface area (Å²) in [4.78, 5) is 0. The van der Waals surface area contributed by atoms with Crippen LogP contribution in [0.5, 0.6) is 0 Å². The zero-order valence-electron chi connectivity index (χ0n) is 20.3. The molecule has 4 fully saturated rings. The molecule has 1 unspecified atom stereocenters. The molecule has 3 aliphatic carbocycles. The van der Waals surface area contributed by atoms with E-state index in [-0.39, 0.29) is 24.3 Å². The van der Waals surface area contributed by atoms with E-state index in [4.69, 9.17) is 0 Å². The van der Waals surface area contributed by atoms with Crippen molar-refractivity contribution in [3.05, 3.63) is 24.0 Å². The molecule has 9 heteroatoms. The van der Waals surface area contributed by atoms with Gasteiger partial charge in [-0.25, -0.2) is 8.42 Å². The molecule has 2 saturated carbocycles. The smallest absolute Gasteiger partial charge is 0.316 e. The largest absolute Gasteiger partial charge is 0.392 e. The molecule has 0 bridgehead atoms. The zero-order chi connectivity index (χ0) is 24.6. The topological polar surface area (TPSA) is 64.0 Å². The third-order valence-corrected chi connectivity index (χ3v) is 10.0. The summed E-state index contributed by atoms with van der Waals surface area (Å²) in [5, 5.41) is 7.58. The van der Waals surface area contributed by atoms with Gasteiger partial charge in [-0.1, -0.05) is 25.3 Å². The van der Waals surface area contributed by atoms with Crippen LogP contribution < -0.4 is 5.32 Å². The fraction of sp³-hybridized carbons (Fsp3) is 0.800. The lowest BCUT2D eigenvalue weighted by molar-refractivity contribution is -0.175. The van der Waals surface area contributed by atoms with Crippen molar-refractivity contribution in [2.24, 2.45) is 23.2 Å². The van der Waals surface area contributed by atoms with Gasteiger partial charge in [0.1, 0.15) is 0 Å². The van der Waals surface area contributed by atoms with Crippen molar-refractivity contribution in [2.75, 3.05) is 24.6 Å². The summed E-state index contributed by atoms with van der Waals surface area (Å²) in [6.45, 7) is 5.94. The normalized spacial score (nSPS) is 30.4. The van der Waals surface area contributed by atoms with Gasteiger partial charge < -0.3 is 5.32 Å². The molecule has 1 spiro atoms. The van der Waals surface area contributed by atoms with Crippen LogP contribution >= 0.6 is 0 Å². The second-order valence-corrected chi connectivity index (χ2v) is 13.2. The van der Waals surface area contributed by atoms with Crippen molar-refractivity contribution in [1.29, 1.82) is 0 Å². The van der Waals surface area contributed by atoms with Crippen molar-refractivity contribution in [3.8, 4) is 0 Å². The Balaban J connectivity index is 0.000000140. The third-order valence-electron chi connectivity index (χ3n) is 7.94. The molecule has 0 radical (unpaired) electrons. The molecule has 0 aromatic carbocycles. The minimum absolute atomic E-state index is 0.0768. The molecule has 5 nitrogen and oxygen atoms in total. The summed E-state index contributed by atoms with van der Waals surface area (Å²) >= 11 is 0. The van der Waals surface area contributed by atoms with E-state index in [1.165, 1.54) is 18.3 Å². The zero-order valence-corrected chi connectivity index (χ0v) is 21.1. The molecule has 1 N–H and O–H groups in total. The van der Waals surface area contributed by atoms with Gasteiger partial charge in [-0.2, -0.15) is 18.3 Å². The molecule has 34 heavy (non-hydrogen) atoms. The summed E-state index contributed by atoms with van der Waals surface area (Å²) in [5.74, 6) is 2.09. The number of rotatable bonds is 2. The lowest BCUT2D eigenvalue weighted by Crippen LogP contribution is -2.49. The number of aromatic nitrogens is 2. The van der Waals surface area contributed by atoms with Gasteiger partial charge in [-0.15, -0.1) is 0 Å². The molecule has 3 heterocycles. The van der Waals surface area contributed by atoms with E-state index in [0.29, 0.717) is 17.9 Å². The van der Waals surface area contributed by atoms with Crippen LogP contribution in [0.3, 0.4) is 0 Å². The number of halogens is 3. The highest BCUT2D eigenvalue weighted by Gasteiger charge is 2.49. The van der Waals surface area contributed by atoms with Crippen LogP contribution in [0.2, 0.25) is 0 Å². The van der Waals surface area contributed by atoms with Gasteiger partial charge in [0.15, 0.2) is 9.84 Å². The Bertz CT molecular complexity index is 956. The van der Waals surface area contributed by atoms with Crippen molar-refractivity contribution in [1.82, 2.24) is 15.1 Å². The molecule has 0 amide bonds. The van der Waals surface area contributed by atoms with Gasteiger partial charge in [0.2, 0.25) is 0 Å². The Kier molecular flexibility index (Phi) is 7.54.